The van der Waals surface area contributed by atoms with E-state index in [1.54, 1.807) is 27.7 Å². The molecule has 0 saturated carbocycles. The minimum Gasteiger partial charge on any atom is -0.228 e. The van der Waals surface area contributed by atoms with E-state index in [9.17, 15) is 8.42 Å². The highest BCUT2D eigenvalue weighted by Gasteiger charge is 2.28. The number of rotatable bonds is 2. The first kappa shape index (κ1) is 10.7. The summed E-state index contributed by atoms with van der Waals surface area (Å²) < 4.78 is 22.1. The molecule has 3 heteroatoms. The Bertz CT molecular complexity index is 242. The van der Waals surface area contributed by atoms with Crippen LogP contribution < -0.4 is 0 Å². The lowest BCUT2D eigenvalue weighted by Gasteiger charge is -2.18. The summed E-state index contributed by atoms with van der Waals surface area (Å²) in [5.41, 5.74) is 0.694. The molecule has 0 aliphatic carbocycles. The van der Waals surface area contributed by atoms with Gasteiger partial charge in [-0.05, 0) is 27.7 Å². The van der Waals surface area contributed by atoms with Crippen molar-refractivity contribution >= 4 is 9.84 Å². The molecule has 0 aliphatic heterocycles. The van der Waals surface area contributed by atoms with Crippen LogP contribution in [0.25, 0.3) is 0 Å². The molecule has 0 aromatic heterocycles. The van der Waals surface area contributed by atoms with Crippen LogP contribution >= 0.6 is 0 Å². The molecule has 0 fully saturated rings. The van der Waals surface area contributed by atoms with Gasteiger partial charge in [0.25, 0.3) is 0 Å². The third-order valence-corrected chi connectivity index (χ3v) is 4.11. The normalized spacial score (nSPS) is 13.1. The van der Waals surface area contributed by atoms with Gasteiger partial charge in [0.05, 0.1) is 10.5 Å². The Kier molecular flexibility index (Phi) is 2.89. The molecule has 0 heterocycles. The fourth-order valence-corrected chi connectivity index (χ4v) is 1.62. The topological polar surface area (TPSA) is 34.1 Å². The monoisotopic (exact) mass is 176 g/mol. The minimum absolute atomic E-state index is 0.0937. The lowest BCUT2D eigenvalue weighted by atomic mass is 10.3. The SMILES string of the molecule is C=C(C)CS(=O)(=O)C(C)(C)C. The van der Waals surface area contributed by atoms with E-state index < -0.39 is 14.6 Å². The van der Waals surface area contributed by atoms with Gasteiger partial charge >= 0.3 is 0 Å². The summed E-state index contributed by atoms with van der Waals surface area (Å²) in [6, 6.07) is 0. The molecule has 66 valence electrons. The van der Waals surface area contributed by atoms with E-state index in [2.05, 4.69) is 6.58 Å². The first-order valence-electron chi connectivity index (χ1n) is 3.53. The van der Waals surface area contributed by atoms with Crippen LogP contribution in [0.15, 0.2) is 12.2 Å². The van der Waals surface area contributed by atoms with E-state index >= 15 is 0 Å². The van der Waals surface area contributed by atoms with Crippen LogP contribution in [0.4, 0.5) is 0 Å². The van der Waals surface area contributed by atoms with Crippen LogP contribution in [0, 0.1) is 0 Å². The lowest BCUT2D eigenvalue weighted by Crippen LogP contribution is -2.30. The molecule has 11 heavy (non-hydrogen) atoms. The maximum atomic E-state index is 11.4. The van der Waals surface area contributed by atoms with Gasteiger partial charge in [-0.2, -0.15) is 0 Å². The third kappa shape index (κ3) is 3.06. The minimum atomic E-state index is -3.00. The highest BCUT2D eigenvalue weighted by atomic mass is 32.2. The van der Waals surface area contributed by atoms with Crippen molar-refractivity contribution in [3.8, 4) is 0 Å². The molecule has 2 nitrogen and oxygen atoms in total. The van der Waals surface area contributed by atoms with Crippen molar-refractivity contribution in [2.75, 3.05) is 5.75 Å². The van der Waals surface area contributed by atoms with Crippen molar-refractivity contribution in [2.45, 2.75) is 32.4 Å². The standard InChI is InChI=1S/C8H16O2S/c1-7(2)6-11(9,10)8(3,4)5/h1,6H2,2-5H3. The Labute approximate surface area is 69.2 Å². The maximum absolute atomic E-state index is 11.4. The second-order valence-corrected chi connectivity index (χ2v) is 6.57. The Hall–Kier alpha value is -0.310. The van der Waals surface area contributed by atoms with E-state index in [1.807, 2.05) is 0 Å². The molecule has 0 N–H and O–H groups in total. The van der Waals surface area contributed by atoms with Gasteiger partial charge in [-0.15, -0.1) is 0 Å². The van der Waals surface area contributed by atoms with Crippen LogP contribution in [0.5, 0.6) is 0 Å². The molecule has 0 unspecified atom stereocenters. The highest BCUT2D eigenvalue weighted by Crippen LogP contribution is 2.17. The van der Waals surface area contributed by atoms with Gasteiger partial charge in [0.15, 0.2) is 9.84 Å². The van der Waals surface area contributed by atoms with Gasteiger partial charge in [0, 0.05) is 0 Å². The van der Waals surface area contributed by atoms with Crippen molar-refractivity contribution in [2.24, 2.45) is 0 Å². The summed E-state index contributed by atoms with van der Waals surface area (Å²) in [5, 5.41) is 0. The second kappa shape index (κ2) is 2.97. The average molecular weight is 176 g/mol. The largest absolute Gasteiger partial charge is 0.228 e. The molecule has 0 aromatic rings. The van der Waals surface area contributed by atoms with Crippen molar-refractivity contribution in [3.63, 3.8) is 0 Å². The first-order valence-corrected chi connectivity index (χ1v) is 5.19. The van der Waals surface area contributed by atoms with E-state index in [0.717, 1.165) is 0 Å². The quantitative estimate of drug-likeness (QED) is 0.601. The number of hydrogen-bond acceptors (Lipinski definition) is 2. The Morgan fingerprint density at radius 2 is 1.73 bits per heavy atom. The molecule has 0 atom stereocenters. The van der Waals surface area contributed by atoms with E-state index in [-0.39, 0.29) is 5.75 Å². The van der Waals surface area contributed by atoms with Crippen LogP contribution in [0.2, 0.25) is 0 Å². The lowest BCUT2D eigenvalue weighted by molar-refractivity contribution is 0.562. The van der Waals surface area contributed by atoms with Crippen molar-refractivity contribution in [1.29, 1.82) is 0 Å². The Morgan fingerprint density at radius 3 is 1.82 bits per heavy atom. The Balaban J connectivity index is 4.64. The van der Waals surface area contributed by atoms with Gasteiger partial charge in [0.2, 0.25) is 0 Å². The zero-order valence-corrected chi connectivity index (χ0v) is 8.46. The molecule has 0 amide bonds. The van der Waals surface area contributed by atoms with Crippen molar-refractivity contribution in [1.82, 2.24) is 0 Å². The average Bonchev–Trinajstić information content (AvgIpc) is 1.56. The van der Waals surface area contributed by atoms with Crippen LogP contribution in [-0.4, -0.2) is 18.9 Å². The molecular weight excluding hydrogens is 160 g/mol. The molecule has 0 radical (unpaired) electrons. The van der Waals surface area contributed by atoms with E-state index in [1.165, 1.54) is 0 Å². The van der Waals surface area contributed by atoms with Crippen molar-refractivity contribution < 1.29 is 8.42 Å². The van der Waals surface area contributed by atoms with E-state index in [0.29, 0.717) is 5.57 Å². The summed E-state index contributed by atoms with van der Waals surface area (Å²) in [6.45, 7) is 10.4. The fraction of sp³-hybridized carbons (Fsp3) is 0.750. The predicted octanol–water partition coefficient (Wildman–Crippen LogP) is 1.78. The fourth-order valence-electron chi connectivity index (χ4n) is 0.541. The second-order valence-electron chi connectivity index (χ2n) is 3.83. The smallest absolute Gasteiger partial charge is 0.158 e. The summed E-state index contributed by atoms with van der Waals surface area (Å²) in [6.07, 6.45) is 0. The highest BCUT2D eigenvalue weighted by molar-refractivity contribution is 7.92. The van der Waals surface area contributed by atoms with E-state index in [4.69, 9.17) is 0 Å². The number of sulfone groups is 1. The first-order chi connectivity index (χ1) is 4.67. The van der Waals surface area contributed by atoms with Gasteiger partial charge in [-0.25, -0.2) is 8.42 Å². The summed E-state index contributed by atoms with van der Waals surface area (Å²) in [7, 11) is -3.00. The molecule has 0 spiro atoms. The zero-order valence-electron chi connectivity index (χ0n) is 7.64. The molecule has 0 rings (SSSR count). The summed E-state index contributed by atoms with van der Waals surface area (Å²) in [4.78, 5) is 0. The zero-order chi connectivity index (χ0) is 9.28. The van der Waals surface area contributed by atoms with Gasteiger partial charge in [0.1, 0.15) is 0 Å². The van der Waals surface area contributed by atoms with Gasteiger partial charge in [-0.3, -0.25) is 0 Å². The van der Waals surface area contributed by atoms with Gasteiger partial charge in [-0.1, -0.05) is 12.2 Å². The van der Waals surface area contributed by atoms with Crippen molar-refractivity contribution in [3.05, 3.63) is 12.2 Å². The van der Waals surface area contributed by atoms with Crippen LogP contribution in [-0.2, 0) is 9.84 Å². The Morgan fingerprint density at radius 1 is 1.36 bits per heavy atom. The molecule has 0 aliphatic rings. The molecular formula is C8H16O2S. The van der Waals surface area contributed by atoms with Crippen LogP contribution in [0.3, 0.4) is 0 Å². The maximum Gasteiger partial charge on any atom is 0.158 e. The molecule has 0 aromatic carbocycles. The summed E-state index contributed by atoms with van der Waals surface area (Å²) in [5.74, 6) is 0.0937. The summed E-state index contributed by atoms with van der Waals surface area (Å²) >= 11 is 0. The molecule has 0 bridgehead atoms. The van der Waals surface area contributed by atoms with Gasteiger partial charge < -0.3 is 0 Å². The molecule has 0 saturated heterocycles. The number of hydrogen-bond donors (Lipinski definition) is 0. The third-order valence-electron chi connectivity index (χ3n) is 1.37. The van der Waals surface area contributed by atoms with Crippen LogP contribution in [0.1, 0.15) is 27.7 Å². The predicted molar refractivity (Wildman–Crippen MR) is 48.4 cm³/mol.